The minimum atomic E-state index is 0.384. The van der Waals surface area contributed by atoms with E-state index in [4.69, 9.17) is 0 Å². The molecule has 1 aromatic carbocycles. The van der Waals surface area contributed by atoms with Crippen molar-refractivity contribution >= 4 is 16.9 Å². The Morgan fingerprint density at radius 3 is 2.65 bits per heavy atom. The number of nitrogens with one attached hydrogen (secondary N) is 2. The number of aliphatic imine (C=N–C) groups is 1. The molecular weight excluding hydrogens is 284 g/mol. The largest absolute Gasteiger partial charge is 0.356 e. The smallest absolute Gasteiger partial charge is 0.191 e. The summed E-state index contributed by atoms with van der Waals surface area (Å²) in [5.41, 5.74) is 2.64. The molecule has 1 aromatic heterocycles. The zero-order chi connectivity index (χ0) is 16.7. The van der Waals surface area contributed by atoms with Crippen molar-refractivity contribution in [2.24, 2.45) is 10.4 Å². The highest BCUT2D eigenvalue weighted by Gasteiger charge is 2.09. The molecule has 0 spiro atoms. The number of para-hydroxylation sites is 1. The monoisotopic (exact) mass is 312 g/mol. The van der Waals surface area contributed by atoms with E-state index in [0.29, 0.717) is 5.41 Å². The van der Waals surface area contributed by atoms with Crippen LogP contribution in [0.3, 0.4) is 0 Å². The standard InChI is InChI=1S/C19H28N4/c1-19(2,3)11-7-12-22-18(20-4)23-14-15-10-13-21-17-9-6-5-8-16(15)17/h5-6,8-10,13H,7,11-12,14H2,1-4H3,(H2,20,22,23). The van der Waals surface area contributed by atoms with E-state index in [9.17, 15) is 0 Å². The summed E-state index contributed by atoms with van der Waals surface area (Å²) in [6, 6.07) is 10.3. The average Bonchev–Trinajstić information content (AvgIpc) is 2.53. The molecule has 0 radical (unpaired) electrons. The molecule has 0 amide bonds. The van der Waals surface area contributed by atoms with Gasteiger partial charge < -0.3 is 10.6 Å². The van der Waals surface area contributed by atoms with E-state index < -0.39 is 0 Å². The molecule has 4 nitrogen and oxygen atoms in total. The Kier molecular flexibility index (Phi) is 5.97. The summed E-state index contributed by atoms with van der Waals surface area (Å²) in [6.07, 6.45) is 4.20. The van der Waals surface area contributed by atoms with Crippen LogP contribution in [0.5, 0.6) is 0 Å². The number of fused-ring (bicyclic) bond motifs is 1. The maximum Gasteiger partial charge on any atom is 0.191 e. The molecule has 0 aliphatic carbocycles. The van der Waals surface area contributed by atoms with Crippen molar-refractivity contribution in [1.29, 1.82) is 0 Å². The molecule has 4 heteroatoms. The Morgan fingerprint density at radius 2 is 1.91 bits per heavy atom. The van der Waals surface area contributed by atoms with E-state index in [1.165, 1.54) is 17.4 Å². The average molecular weight is 312 g/mol. The van der Waals surface area contributed by atoms with E-state index in [1.807, 2.05) is 31.4 Å². The third kappa shape index (κ3) is 5.55. The topological polar surface area (TPSA) is 49.3 Å². The Balaban J connectivity index is 1.88. The lowest BCUT2D eigenvalue weighted by Gasteiger charge is -2.18. The summed E-state index contributed by atoms with van der Waals surface area (Å²) in [6.45, 7) is 8.49. The summed E-state index contributed by atoms with van der Waals surface area (Å²) in [5.74, 6) is 0.847. The molecule has 23 heavy (non-hydrogen) atoms. The van der Waals surface area contributed by atoms with Gasteiger partial charge >= 0.3 is 0 Å². The molecule has 0 atom stereocenters. The second-order valence-electron chi connectivity index (χ2n) is 7.00. The quantitative estimate of drug-likeness (QED) is 0.502. The molecular formula is C19H28N4. The molecule has 1 heterocycles. The molecule has 124 valence electrons. The van der Waals surface area contributed by atoms with Gasteiger partial charge in [-0.2, -0.15) is 0 Å². The number of rotatable bonds is 5. The lowest BCUT2D eigenvalue weighted by molar-refractivity contribution is 0.365. The van der Waals surface area contributed by atoms with E-state index in [0.717, 1.165) is 31.0 Å². The number of nitrogens with zero attached hydrogens (tertiary/aromatic N) is 2. The fraction of sp³-hybridized carbons (Fsp3) is 0.474. The van der Waals surface area contributed by atoms with Gasteiger partial charge in [-0.15, -0.1) is 0 Å². The van der Waals surface area contributed by atoms with Crippen LogP contribution in [0.2, 0.25) is 0 Å². The minimum Gasteiger partial charge on any atom is -0.356 e. The van der Waals surface area contributed by atoms with Crippen LogP contribution in [0.15, 0.2) is 41.5 Å². The van der Waals surface area contributed by atoms with Crippen molar-refractivity contribution < 1.29 is 0 Å². The summed E-state index contributed by atoms with van der Waals surface area (Å²) in [7, 11) is 1.81. The Labute approximate surface area is 139 Å². The van der Waals surface area contributed by atoms with Gasteiger partial charge in [-0.05, 0) is 36.0 Å². The van der Waals surface area contributed by atoms with Crippen LogP contribution in [-0.4, -0.2) is 24.5 Å². The normalized spacial score (nSPS) is 12.4. The van der Waals surface area contributed by atoms with Gasteiger partial charge in [0.2, 0.25) is 0 Å². The zero-order valence-corrected chi connectivity index (χ0v) is 14.7. The van der Waals surface area contributed by atoms with Gasteiger partial charge in [0.15, 0.2) is 5.96 Å². The maximum atomic E-state index is 4.40. The Bertz CT molecular complexity index is 650. The number of benzene rings is 1. The summed E-state index contributed by atoms with van der Waals surface area (Å²) < 4.78 is 0. The van der Waals surface area contributed by atoms with Crippen LogP contribution in [0.4, 0.5) is 0 Å². The van der Waals surface area contributed by atoms with Gasteiger partial charge in [0.05, 0.1) is 5.52 Å². The minimum absolute atomic E-state index is 0.384. The fourth-order valence-electron chi connectivity index (χ4n) is 2.53. The van der Waals surface area contributed by atoms with Crippen LogP contribution >= 0.6 is 0 Å². The van der Waals surface area contributed by atoms with E-state index in [-0.39, 0.29) is 0 Å². The van der Waals surface area contributed by atoms with Crippen LogP contribution in [0.25, 0.3) is 10.9 Å². The number of guanidine groups is 1. The number of aromatic nitrogens is 1. The van der Waals surface area contributed by atoms with Crippen LogP contribution in [0.1, 0.15) is 39.2 Å². The Morgan fingerprint density at radius 1 is 1.13 bits per heavy atom. The van der Waals surface area contributed by atoms with Gasteiger partial charge in [0.25, 0.3) is 0 Å². The molecule has 0 saturated heterocycles. The van der Waals surface area contributed by atoms with Crippen molar-refractivity contribution in [2.45, 2.75) is 40.2 Å². The highest BCUT2D eigenvalue weighted by atomic mass is 15.2. The van der Waals surface area contributed by atoms with E-state index in [2.05, 4.69) is 53.5 Å². The zero-order valence-electron chi connectivity index (χ0n) is 14.7. The highest BCUT2D eigenvalue weighted by molar-refractivity contribution is 5.83. The number of pyridine rings is 1. The first-order chi connectivity index (χ1) is 11.0. The number of hydrogen-bond acceptors (Lipinski definition) is 2. The maximum absolute atomic E-state index is 4.40. The molecule has 0 fully saturated rings. The van der Waals surface area contributed by atoms with Crippen LogP contribution < -0.4 is 10.6 Å². The molecule has 0 aliphatic heterocycles. The predicted molar refractivity (Wildman–Crippen MR) is 98.6 cm³/mol. The Hall–Kier alpha value is -2.10. The van der Waals surface area contributed by atoms with E-state index in [1.54, 1.807) is 0 Å². The van der Waals surface area contributed by atoms with Crippen molar-refractivity contribution in [1.82, 2.24) is 15.6 Å². The van der Waals surface area contributed by atoms with E-state index >= 15 is 0 Å². The molecule has 0 aliphatic rings. The molecule has 2 aromatic rings. The van der Waals surface area contributed by atoms with Gasteiger partial charge in [0, 0.05) is 31.7 Å². The third-order valence-electron chi connectivity index (χ3n) is 3.81. The van der Waals surface area contributed by atoms with Crippen LogP contribution in [0, 0.1) is 5.41 Å². The van der Waals surface area contributed by atoms with Crippen molar-refractivity contribution in [2.75, 3.05) is 13.6 Å². The lowest BCUT2D eigenvalue weighted by atomic mass is 9.91. The molecule has 0 unspecified atom stereocenters. The summed E-state index contributed by atoms with van der Waals surface area (Å²) in [4.78, 5) is 8.70. The molecule has 2 rings (SSSR count). The van der Waals surface area contributed by atoms with Crippen molar-refractivity contribution in [3.8, 4) is 0 Å². The predicted octanol–water partition coefficient (Wildman–Crippen LogP) is 3.73. The first-order valence-corrected chi connectivity index (χ1v) is 8.27. The number of hydrogen-bond donors (Lipinski definition) is 2. The lowest BCUT2D eigenvalue weighted by Crippen LogP contribution is -2.37. The van der Waals surface area contributed by atoms with Gasteiger partial charge in [-0.3, -0.25) is 9.98 Å². The van der Waals surface area contributed by atoms with Crippen molar-refractivity contribution in [3.05, 3.63) is 42.1 Å². The first-order valence-electron chi connectivity index (χ1n) is 8.27. The fourth-order valence-corrected chi connectivity index (χ4v) is 2.53. The van der Waals surface area contributed by atoms with Crippen LogP contribution in [-0.2, 0) is 6.54 Å². The molecule has 2 N–H and O–H groups in total. The molecule has 0 bridgehead atoms. The molecule has 0 saturated carbocycles. The summed E-state index contributed by atoms with van der Waals surface area (Å²) >= 11 is 0. The van der Waals surface area contributed by atoms with Crippen molar-refractivity contribution in [3.63, 3.8) is 0 Å². The summed E-state index contributed by atoms with van der Waals surface area (Å²) in [5, 5.41) is 7.96. The SMILES string of the molecule is CN=C(NCCCC(C)(C)C)NCc1ccnc2ccccc12. The first kappa shape index (κ1) is 17.3. The van der Waals surface area contributed by atoms with Gasteiger partial charge in [-0.25, -0.2) is 0 Å². The van der Waals surface area contributed by atoms with Gasteiger partial charge in [-0.1, -0.05) is 39.0 Å². The highest BCUT2D eigenvalue weighted by Crippen LogP contribution is 2.19. The third-order valence-corrected chi connectivity index (χ3v) is 3.81. The van der Waals surface area contributed by atoms with Gasteiger partial charge in [0.1, 0.15) is 0 Å². The second kappa shape index (κ2) is 7.95. The second-order valence-corrected chi connectivity index (χ2v) is 7.00.